The molecule has 2 aliphatic heterocycles. The Balaban J connectivity index is 1.40. The quantitative estimate of drug-likeness (QED) is 0.723. The molecule has 1 fully saturated rings. The molecule has 8 nitrogen and oxygen atoms in total. The van der Waals surface area contributed by atoms with E-state index in [1.54, 1.807) is 6.07 Å². The van der Waals surface area contributed by atoms with Crippen LogP contribution in [-0.2, 0) is 16.4 Å². The van der Waals surface area contributed by atoms with Crippen molar-refractivity contribution in [2.45, 2.75) is 36.2 Å². The largest absolute Gasteiger partial charge is 0.347 e. The molecular weight excluding hydrogens is 442 g/mol. The number of likely N-dealkylation sites (tertiary alicyclic amines) is 1. The number of alkyl halides is 1. The van der Waals surface area contributed by atoms with Crippen LogP contribution in [-0.4, -0.2) is 48.3 Å². The van der Waals surface area contributed by atoms with Crippen LogP contribution in [0, 0.1) is 11.7 Å². The number of piperidine rings is 1. The second kappa shape index (κ2) is 8.12. The highest BCUT2D eigenvalue weighted by atomic mass is 32.2. The van der Waals surface area contributed by atoms with Gasteiger partial charge in [-0.2, -0.15) is 0 Å². The van der Waals surface area contributed by atoms with Crippen molar-refractivity contribution in [1.29, 1.82) is 0 Å². The maximum atomic E-state index is 15.5. The van der Waals surface area contributed by atoms with Crippen LogP contribution >= 0.6 is 0 Å². The molecule has 170 valence electrons. The number of rotatable bonds is 4. The number of urea groups is 1. The van der Waals surface area contributed by atoms with Crippen LogP contribution in [0.3, 0.4) is 0 Å². The second-order valence-corrected chi connectivity index (χ2v) is 10.3. The minimum absolute atomic E-state index is 0.135. The Morgan fingerprint density at radius 1 is 1.28 bits per heavy atom. The number of nitrogens with one attached hydrogen (secondary N) is 2. The number of hydrogen-bond acceptors (Lipinski definition) is 5. The van der Waals surface area contributed by atoms with Gasteiger partial charge >= 0.3 is 6.03 Å². The normalized spacial score (nSPS) is 18.6. The molecule has 2 aromatic rings. The zero-order valence-electron chi connectivity index (χ0n) is 17.3. The van der Waals surface area contributed by atoms with Crippen LogP contribution in [0.2, 0.25) is 0 Å². The van der Waals surface area contributed by atoms with E-state index >= 15 is 4.39 Å². The molecule has 0 aliphatic carbocycles. The number of aromatic nitrogens is 1. The number of carbonyl (C=O) groups excluding carboxylic acids is 2. The zero-order valence-corrected chi connectivity index (χ0v) is 18.1. The van der Waals surface area contributed by atoms with Crippen LogP contribution < -0.4 is 10.6 Å². The molecule has 0 spiro atoms. The number of pyridine rings is 1. The summed E-state index contributed by atoms with van der Waals surface area (Å²) in [6.07, 6.45) is 1.66. The van der Waals surface area contributed by atoms with E-state index in [0.717, 1.165) is 19.1 Å². The number of amides is 3. The standard InChI is InChI=1S/C21H22F2N4O4S/c1-21(23,32(30,31)17-4-2-3-15(22)10-17)14-5-7-27(8-6-14)20(29)26-16-9-13-11-25-19(28)18(13)24-12-16/h2-4,9-10,12,14H,5-8,11H2,1H3,(H,25,28)(H,26,29). The Labute approximate surface area is 183 Å². The van der Waals surface area contributed by atoms with Crippen molar-refractivity contribution in [2.75, 3.05) is 18.4 Å². The SMILES string of the molecule is CC(F)(C1CCN(C(=O)Nc2cnc3c(c2)CNC3=O)CC1)S(=O)(=O)c1cccc(F)c1. The van der Waals surface area contributed by atoms with Gasteiger partial charge in [0.25, 0.3) is 5.91 Å². The lowest BCUT2D eigenvalue weighted by molar-refractivity contribution is 0.0961. The predicted octanol–water partition coefficient (Wildman–Crippen LogP) is 2.87. The van der Waals surface area contributed by atoms with E-state index in [9.17, 15) is 22.4 Å². The minimum atomic E-state index is -4.42. The molecular formula is C21H22F2N4O4S. The predicted molar refractivity (Wildman–Crippen MR) is 112 cm³/mol. The molecule has 2 N–H and O–H groups in total. The van der Waals surface area contributed by atoms with Gasteiger partial charge in [-0.3, -0.25) is 4.79 Å². The van der Waals surface area contributed by atoms with Gasteiger partial charge < -0.3 is 15.5 Å². The average Bonchev–Trinajstić information content (AvgIpc) is 3.13. The number of halogens is 2. The first-order valence-corrected chi connectivity index (χ1v) is 11.6. The highest BCUT2D eigenvalue weighted by Gasteiger charge is 2.48. The van der Waals surface area contributed by atoms with Crippen molar-refractivity contribution in [1.82, 2.24) is 15.2 Å². The van der Waals surface area contributed by atoms with Gasteiger partial charge in [0, 0.05) is 31.1 Å². The molecule has 1 aromatic heterocycles. The number of sulfone groups is 1. The van der Waals surface area contributed by atoms with E-state index in [-0.39, 0.29) is 31.8 Å². The number of hydrogen-bond donors (Lipinski definition) is 2. The monoisotopic (exact) mass is 464 g/mol. The number of nitrogens with zero attached hydrogens (tertiary/aromatic N) is 2. The van der Waals surface area contributed by atoms with Crippen molar-refractivity contribution in [3.05, 3.63) is 53.6 Å². The lowest BCUT2D eigenvalue weighted by Gasteiger charge is -2.37. The highest BCUT2D eigenvalue weighted by molar-refractivity contribution is 7.92. The summed E-state index contributed by atoms with van der Waals surface area (Å²) in [4.78, 5) is 29.3. The molecule has 4 rings (SSSR count). The molecule has 0 bridgehead atoms. The Morgan fingerprint density at radius 3 is 2.69 bits per heavy atom. The maximum absolute atomic E-state index is 15.5. The van der Waals surface area contributed by atoms with E-state index < -0.39 is 37.5 Å². The maximum Gasteiger partial charge on any atom is 0.321 e. The molecule has 3 amide bonds. The molecule has 1 atom stereocenters. The van der Waals surface area contributed by atoms with Crippen molar-refractivity contribution < 1.29 is 26.8 Å². The zero-order chi connectivity index (χ0) is 23.1. The average molecular weight is 464 g/mol. The van der Waals surface area contributed by atoms with Gasteiger partial charge in [-0.05, 0) is 44.0 Å². The van der Waals surface area contributed by atoms with Gasteiger partial charge in [0.1, 0.15) is 11.5 Å². The lowest BCUT2D eigenvalue weighted by atomic mass is 9.92. The first-order valence-electron chi connectivity index (χ1n) is 10.1. The molecule has 0 saturated carbocycles. The molecule has 3 heterocycles. The van der Waals surface area contributed by atoms with Crippen LogP contribution in [0.4, 0.5) is 19.3 Å². The summed E-state index contributed by atoms with van der Waals surface area (Å²) in [5.41, 5.74) is 1.43. The lowest BCUT2D eigenvalue weighted by Crippen LogP contribution is -2.48. The van der Waals surface area contributed by atoms with Gasteiger partial charge in [-0.1, -0.05) is 6.07 Å². The smallest absolute Gasteiger partial charge is 0.321 e. The fourth-order valence-electron chi connectivity index (χ4n) is 4.06. The summed E-state index contributed by atoms with van der Waals surface area (Å²) in [6, 6.07) is 5.54. The van der Waals surface area contributed by atoms with Crippen molar-refractivity contribution >= 4 is 27.5 Å². The van der Waals surface area contributed by atoms with Gasteiger partial charge in [0.05, 0.1) is 16.8 Å². The van der Waals surface area contributed by atoms with E-state index in [1.807, 2.05) is 0 Å². The summed E-state index contributed by atoms with van der Waals surface area (Å²) in [7, 11) is -4.42. The van der Waals surface area contributed by atoms with Crippen LogP contribution in [0.15, 0.2) is 41.4 Å². The van der Waals surface area contributed by atoms with Crippen LogP contribution in [0.1, 0.15) is 35.8 Å². The fraction of sp³-hybridized carbons (Fsp3) is 0.381. The summed E-state index contributed by atoms with van der Waals surface area (Å²) < 4.78 is 54.6. The highest BCUT2D eigenvalue weighted by Crippen LogP contribution is 2.39. The fourth-order valence-corrected chi connectivity index (χ4v) is 5.72. The van der Waals surface area contributed by atoms with Crippen molar-refractivity contribution in [2.24, 2.45) is 5.92 Å². The Bertz CT molecular complexity index is 1180. The van der Waals surface area contributed by atoms with E-state index in [2.05, 4.69) is 15.6 Å². The topological polar surface area (TPSA) is 108 Å². The molecule has 32 heavy (non-hydrogen) atoms. The number of anilines is 1. The molecule has 1 unspecified atom stereocenters. The first-order chi connectivity index (χ1) is 15.1. The number of carbonyl (C=O) groups is 2. The molecule has 1 saturated heterocycles. The Kier molecular flexibility index (Phi) is 5.61. The van der Waals surface area contributed by atoms with Crippen LogP contribution in [0.25, 0.3) is 0 Å². The van der Waals surface area contributed by atoms with E-state index in [0.29, 0.717) is 23.5 Å². The molecule has 11 heteroatoms. The van der Waals surface area contributed by atoms with Gasteiger partial charge in [-0.15, -0.1) is 0 Å². The van der Waals surface area contributed by atoms with Crippen LogP contribution in [0.5, 0.6) is 0 Å². The van der Waals surface area contributed by atoms with Gasteiger partial charge in [-0.25, -0.2) is 27.0 Å². The summed E-state index contributed by atoms with van der Waals surface area (Å²) in [5, 5.41) is 2.74. The Morgan fingerprint density at radius 2 is 2.00 bits per heavy atom. The number of fused-ring (bicyclic) bond motifs is 1. The summed E-state index contributed by atoms with van der Waals surface area (Å²) in [5.74, 6) is -1.87. The third-order valence-corrected chi connectivity index (χ3v) is 8.27. The van der Waals surface area contributed by atoms with E-state index in [1.165, 1.54) is 23.2 Å². The van der Waals surface area contributed by atoms with E-state index in [4.69, 9.17) is 0 Å². The molecule has 0 radical (unpaired) electrons. The van der Waals surface area contributed by atoms with Gasteiger partial charge in [0.2, 0.25) is 14.8 Å². The number of benzene rings is 1. The minimum Gasteiger partial charge on any atom is -0.347 e. The molecule has 1 aromatic carbocycles. The third-order valence-electron chi connectivity index (χ3n) is 6.02. The van der Waals surface area contributed by atoms with Crippen molar-refractivity contribution in [3.8, 4) is 0 Å². The summed E-state index contributed by atoms with van der Waals surface area (Å²) >= 11 is 0. The second-order valence-electron chi connectivity index (χ2n) is 8.05. The van der Waals surface area contributed by atoms with Gasteiger partial charge in [0.15, 0.2) is 0 Å². The first kappa shape index (κ1) is 22.1. The Hall–Kier alpha value is -3.08. The third kappa shape index (κ3) is 3.92. The van der Waals surface area contributed by atoms with Crippen molar-refractivity contribution in [3.63, 3.8) is 0 Å². The summed E-state index contributed by atoms with van der Waals surface area (Å²) in [6.45, 7) is 1.66. The molecule has 2 aliphatic rings.